The Morgan fingerprint density at radius 1 is 1.20 bits per heavy atom. The first-order valence-electron chi connectivity index (χ1n) is 4.82. The fraction of sp³-hybridized carbons (Fsp3) is 0.167. The first-order valence-corrected chi connectivity index (χ1v) is 6.07. The molecule has 0 aliphatic heterocycles. The van der Waals surface area contributed by atoms with E-state index in [9.17, 15) is 0 Å². The first kappa shape index (κ1) is 10.5. The molecule has 0 spiro atoms. The van der Waals surface area contributed by atoms with Gasteiger partial charge in [-0.15, -0.1) is 11.3 Å². The quantitative estimate of drug-likeness (QED) is 0.824. The van der Waals surface area contributed by atoms with E-state index in [0.29, 0.717) is 6.04 Å². The lowest BCUT2D eigenvalue weighted by molar-refractivity contribution is 0.908. The number of nitrogens with one attached hydrogen (secondary N) is 1. The number of halogens is 1. The van der Waals surface area contributed by atoms with Gasteiger partial charge in [-0.3, -0.25) is 0 Å². The Balaban J connectivity index is 2.13. The summed E-state index contributed by atoms with van der Waals surface area (Å²) < 4.78 is 0. The van der Waals surface area contributed by atoms with Crippen molar-refractivity contribution >= 4 is 28.6 Å². The fourth-order valence-electron chi connectivity index (χ4n) is 1.42. The minimum atomic E-state index is 0.296. The van der Waals surface area contributed by atoms with Crippen LogP contribution >= 0.6 is 22.9 Å². The summed E-state index contributed by atoms with van der Waals surface area (Å²) in [4.78, 5) is 1.31. The van der Waals surface area contributed by atoms with Crippen molar-refractivity contribution in [3.63, 3.8) is 0 Å². The normalized spacial score (nSPS) is 12.4. The second-order valence-electron chi connectivity index (χ2n) is 3.36. The van der Waals surface area contributed by atoms with Crippen LogP contribution in [0, 0.1) is 0 Å². The molecule has 1 atom stereocenters. The lowest BCUT2D eigenvalue weighted by atomic mass is 10.2. The molecule has 0 aliphatic carbocycles. The highest BCUT2D eigenvalue weighted by atomic mass is 35.5. The summed E-state index contributed by atoms with van der Waals surface area (Å²) in [5.74, 6) is 0. The summed E-state index contributed by atoms with van der Waals surface area (Å²) >= 11 is 7.82. The third-order valence-corrected chi connectivity index (χ3v) is 3.60. The monoisotopic (exact) mass is 237 g/mol. The maximum Gasteiger partial charge on any atom is 0.0637 e. The van der Waals surface area contributed by atoms with Crippen molar-refractivity contribution in [3.05, 3.63) is 51.7 Å². The fourth-order valence-corrected chi connectivity index (χ4v) is 2.35. The topological polar surface area (TPSA) is 12.0 Å². The predicted octanol–water partition coefficient (Wildman–Crippen LogP) is 4.57. The van der Waals surface area contributed by atoms with Crippen molar-refractivity contribution in [2.45, 2.75) is 13.0 Å². The molecule has 15 heavy (non-hydrogen) atoms. The molecular weight excluding hydrogens is 226 g/mol. The van der Waals surface area contributed by atoms with E-state index in [1.165, 1.54) is 4.88 Å². The van der Waals surface area contributed by atoms with Crippen LogP contribution in [0.1, 0.15) is 17.8 Å². The Labute approximate surface area is 98.7 Å². The molecule has 0 fully saturated rings. The van der Waals surface area contributed by atoms with Gasteiger partial charge in [0.15, 0.2) is 0 Å². The van der Waals surface area contributed by atoms with E-state index in [2.05, 4.69) is 29.8 Å². The van der Waals surface area contributed by atoms with Gasteiger partial charge in [-0.25, -0.2) is 0 Å². The molecule has 0 bridgehead atoms. The highest BCUT2D eigenvalue weighted by molar-refractivity contribution is 7.10. The van der Waals surface area contributed by atoms with E-state index >= 15 is 0 Å². The van der Waals surface area contributed by atoms with E-state index in [1.807, 2.05) is 24.3 Å². The zero-order valence-corrected chi connectivity index (χ0v) is 9.98. The molecule has 0 unspecified atom stereocenters. The van der Waals surface area contributed by atoms with Gasteiger partial charge in [-0.2, -0.15) is 0 Å². The summed E-state index contributed by atoms with van der Waals surface area (Å²) in [6, 6.07) is 12.3. The van der Waals surface area contributed by atoms with Gasteiger partial charge in [0.05, 0.1) is 16.8 Å². The molecule has 1 nitrogen and oxygen atoms in total. The molecule has 0 saturated carbocycles. The third kappa shape index (κ3) is 2.52. The third-order valence-electron chi connectivity index (χ3n) is 2.22. The molecule has 0 radical (unpaired) electrons. The second kappa shape index (κ2) is 4.69. The van der Waals surface area contributed by atoms with Crippen molar-refractivity contribution in [3.8, 4) is 0 Å². The van der Waals surface area contributed by atoms with E-state index in [0.717, 1.165) is 10.7 Å². The predicted molar refractivity (Wildman–Crippen MR) is 67.8 cm³/mol. The smallest absolute Gasteiger partial charge is 0.0637 e. The van der Waals surface area contributed by atoms with Crippen LogP contribution in [0.5, 0.6) is 0 Å². The summed E-state index contributed by atoms with van der Waals surface area (Å²) in [5.41, 5.74) is 0.986. The first-order chi connectivity index (χ1) is 7.27. The van der Waals surface area contributed by atoms with E-state index < -0.39 is 0 Å². The molecule has 3 heteroatoms. The Bertz CT molecular complexity index is 425. The van der Waals surface area contributed by atoms with E-state index in [4.69, 9.17) is 11.6 Å². The van der Waals surface area contributed by atoms with Crippen molar-refractivity contribution < 1.29 is 0 Å². The number of thiophene rings is 1. The zero-order chi connectivity index (χ0) is 10.7. The molecule has 2 aromatic rings. The molecule has 0 amide bonds. The number of rotatable bonds is 3. The van der Waals surface area contributed by atoms with Gasteiger partial charge in [-0.05, 0) is 30.5 Å². The number of benzene rings is 1. The molecule has 2 rings (SSSR count). The largest absolute Gasteiger partial charge is 0.377 e. The van der Waals surface area contributed by atoms with Crippen LogP contribution in [0.4, 0.5) is 5.69 Å². The van der Waals surface area contributed by atoms with Gasteiger partial charge in [-0.1, -0.05) is 29.8 Å². The molecule has 1 aromatic heterocycles. The van der Waals surface area contributed by atoms with Crippen LogP contribution in [-0.2, 0) is 0 Å². The maximum absolute atomic E-state index is 6.07. The van der Waals surface area contributed by atoms with Crippen LogP contribution in [0.25, 0.3) is 0 Å². The SMILES string of the molecule is C[C@@H](Nc1ccccc1Cl)c1cccs1. The van der Waals surface area contributed by atoms with Gasteiger partial charge in [0.1, 0.15) is 0 Å². The lowest BCUT2D eigenvalue weighted by Crippen LogP contribution is -2.04. The average Bonchev–Trinajstić information content (AvgIpc) is 2.74. The van der Waals surface area contributed by atoms with Crippen LogP contribution in [0.2, 0.25) is 5.02 Å². The number of hydrogen-bond acceptors (Lipinski definition) is 2. The molecule has 78 valence electrons. The minimum absolute atomic E-state index is 0.296. The Morgan fingerprint density at radius 3 is 2.67 bits per heavy atom. The van der Waals surface area contributed by atoms with Gasteiger partial charge in [0.25, 0.3) is 0 Å². The van der Waals surface area contributed by atoms with Crippen LogP contribution in [0.3, 0.4) is 0 Å². The standard InChI is InChI=1S/C12H12ClNS/c1-9(12-7-4-8-15-12)14-11-6-3-2-5-10(11)13/h2-9,14H,1H3/t9-/m1/s1. The van der Waals surface area contributed by atoms with Crippen LogP contribution in [0.15, 0.2) is 41.8 Å². The van der Waals surface area contributed by atoms with Gasteiger partial charge in [0.2, 0.25) is 0 Å². The Kier molecular flexibility index (Phi) is 3.29. The molecule has 0 aliphatic rings. The zero-order valence-electron chi connectivity index (χ0n) is 8.41. The highest BCUT2D eigenvalue weighted by Crippen LogP contribution is 2.27. The summed E-state index contributed by atoms with van der Waals surface area (Å²) in [5, 5.41) is 6.24. The van der Waals surface area contributed by atoms with E-state index in [1.54, 1.807) is 11.3 Å². The van der Waals surface area contributed by atoms with Crippen molar-refractivity contribution in [1.82, 2.24) is 0 Å². The van der Waals surface area contributed by atoms with Gasteiger partial charge < -0.3 is 5.32 Å². The minimum Gasteiger partial charge on any atom is -0.377 e. The van der Waals surface area contributed by atoms with Crippen molar-refractivity contribution in [2.24, 2.45) is 0 Å². The van der Waals surface area contributed by atoms with E-state index in [-0.39, 0.29) is 0 Å². The second-order valence-corrected chi connectivity index (χ2v) is 4.75. The average molecular weight is 238 g/mol. The van der Waals surface area contributed by atoms with Crippen molar-refractivity contribution in [2.75, 3.05) is 5.32 Å². The number of hydrogen-bond donors (Lipinski definition) is 1. The number of anilines is 1. The summed E-state index contributed by atoms with van der Waals surface area (Å²) in [6.07, 6.45) is 0. The van der Waals surface area contributed by atoms with Gasteiger partial charge >= 0.3 is 0 Å². The molecular formula is C12H12ClNS. The Morgan fingerprint density at radius 2 is 2.00 bits per heavy atom. The van der Waals surface area contributed by atoms with Crippen LogP contribution in [-0.4, -0.2) is 0 Å². The molecule has 1 N–H and O–H groups in total. The summed E-state index contributed by atoms with van der Waals surface area (Å²) in [7, 11) is 0. The molecule has 1 aromatic carbocycles. The lowest BCUT2D eigenvalue weighted by Gasteiger charge is -2.14. The molecule has 1 heterocycles. The Hall–Kier alpha value is -0.990. The highest BCUT2D eigenvalue weighted by Gasteiger charge is 2.07. The maximum atomic E-state index is 6.07. The van der Waals surface area contributed by atoms with Crippen LogP contribution < -0.4 is 5.32 Å². The number of para-hydroxylation sites is 1. The molecule has 0 saturated heterocycles. The van der Waals surface area contributed by atoms with Gasteiger partial charge in [0, 0.05) is 4.88 Å². The summed E-state index contributed by atoms with van der Waals surface area (Å²) in [6.45, 7) is 2.13. The van der Waals surface area contributed by atoms with Crippen molar-refractivity contribution in [1.29, 1.82) is 0 Å².